The van der Waals surface area contributed by atoms with Crippen molar-refractivity contribution >= 4 is 5.78 Å². The summed E-state index contributed by atoms with van der Waals surface area (Å²) in [5, 5.41) is 0. The van der Waals surface area contributed by atoms with Crippen LogP contribution in [0.25, 0.3) is 0 Å². The summed E-state index contributed by atoms with van der Waals surface area (Å²) in [4.78, 5) is 14.8. The molecular weight excluding hydrogens is 198 g/mol. The summed E-state index contributed by atoms with van der Waals surface area (Å²) < 4.78 is 0. The van der Waals surface area contributed by atoms with Crippen LogP contribution in [0.4, 0.5) is 0 Å². The van der Waals surface area contributed by atoms with Gasteiger partial charge in [-0.1, -0.05) is 13.8 Å². The van der Waals surface area contributed by atoms with Crippen LogP contribution in [0.15, 0.2) is 0 Å². The average Bonchev–Trinajstić information content (AvgIpc) is 2.15. The van der Waals surface area contributed by atoms with Crippen molar-refractivity contribution in [1.29, 1.82) is 0 Å². The van der Waals surface area contributed by atoms with E-state index in [0.29, 0.717) is 5.78 Å². The Morgan fingerprint density at radius 1 is 1.25 bits per heavy atom. The highest BCUT2D eigenvalue weighted by molar-refractivity contribution is 5.89. The molecule has 0 aromatic rings. The van der Waals surface area contributed by atoms with E-state index in [0.717, 1.165) is 13.0 Å². The highest BCUT2D eigenvalue weighted by Crippen LogP contribution is 2.36. The minimum Gasteiger partial charge on any atom is -0.297 e. The Morgan fingerprint density at radius 2 is 1.81 bits per heavy atom. The van der Waals surface area contributed by atoms with E-state index in [1.165, 1.54) is 12.8 Å². The molecule has 0 amide bonds. The van der Waals surface area contributed by atoms with E-state index >= 15 is 0 Å². The van der Waals surface area contributed by atoms with Crippen molar-refractivity contribution in [2.24, 2.45) is 5.92 Å². The summed E-state index contributed by atoms with van der Waals surface area (Å²) >= 11 is 0. The van der Waals surface area contributed by atoms with Crippen LogP contribution in [-0.2, 0) is 4.79 Å². The second-order valence-corrected chi connectivity index (χ2v) is 6.57. The summed E-state index contributed by atoms with van der Waals surface area (Å²) in [6.45, 7) is 13.9. The quantitative estimate of drug-likeness (QED) is 0.719. The third-order valence-electron chi connectivity index (χ3n) is 3.76. The molecule has 0 aliphatic carbocycles. The molecule has 0 aromatic heterocycles. The first-order chi connectivity index (χ1) is 7.19. The lowest BCUT2D eigenvalue weighted by atomic mass is 9.78. The van der Waals surface area contributed by atoms with Crippen molar-refractivity contribution in [2.45, 2.75) is 71.9 Å². The Labute approximate surface area is 100 Å². The number of ketones is 1. The van der Waals surface area contributed by atoms with Crippen LogP contribution >= 0.6 is 0 Å². The second-order valence-electron chi connectivity index (χ2n) is 6.57. The molecule has 0 aromatic carbocycles. The predicted molar refractivity (Wildman–Crippen MR) is 68.6 cm³/mol. The smallest absolute Gasteiger partial charge is 0.155 e. The molecular formula is C14H27NO. The summed E-state index contributed by atoms with van der Waals surface area (Å²) in [7, 11) is 0. The first kappa shape index (κ1) is 13.7. The van der Waals surface area contributed by atoms with Gasteiger partial charge in [-0.2, -0.15) is 0 Å². The van der Waals surface area contributed by atoms with Crippen molar-refractivity contribution in [3.63, 3.8) is 0 Å². The van der Waals surface area contributed by atoms with Gasteiger partial charge >= 0.3 is 0 Å². The topological polar surface area (TPSA) is 20.3 Å². The van der Waals surface area contributed by atoms with Gasteiger partial charge in [-0.3, -0.25) is 9.69 Å². The molecule has 16 heavy (non-hydrogen) atoms. The third kappa shape index (κ3) is 2.48. The maximum atomic E-state index is 12.4. The van der Waals surface area contributed by atoms with E-state index in [4.69, 9.17) is 0 Å². The third-order valence-corrected chi connectivity index (χ3v) is 3.76. The highest BCUT2D eigenvalue weighted by Gasteiger charge is 2.45. The number of rotatable bonds is 2. The number of piperidine rings is 1. The molecule has 94 valence electrons. The van der Waals surface area contributed by atoms with Crippen molar-refractivity contribution in [1.82, 2.24) is 4.90 Å². The van der Waals surface area contributed by atoms with E-state index in [1.807, 2.05) is 13.8 Å². The molecule has 1 aliphatic rings. The predicted octanol–water partition coefficient (Wildman–Crippen LogP) is 3.25. The SMILES string of the molecule is CC(C)C(=O)C1(C)CCCCN1C(C)(C)C. The van der Waals surface area contributed by atoms with E-state index in [2.05, 4.69) is 32.6 Å². The molecule has 1 heterocycles. The lowest BCUT2D eigenvalue weighted by molar-refractivity contribution is -0.140. The number of carbonyl (C=O) groups excluding carboxylic acids is 1. The van der Waals surface area contributed by atoms with Gasteiger partial charge in [0.1, 0.15) is 0 Å². The molecule has 1 atom stereocenters. The van der Waals surface area contributed by atoms with Crippen LogP contribution in [0.2, 0.25) is 0 Å². The number of likely N-dealkylation sites (tertiary alicyclic amines) is 1. The van der Waals surface area contributed by atoms with Gasteiger partial charge in [0.2, 0.25) is 0 Å². The van der Waals surface area contributed by atoms with Crippen molar-refractivity contribution in [3.8, 4) is 0 Å². The van der Waals surface area contributed by atoms with Gasteiger partial charge in [0.15, 0.2) is 5.78 Å². The van der Waals surface area contributed by atoms with E-state index in [1.54, 1.807) is 0 Å². The van der Waals surface area contributed by atoms with Crippen LogP contribution in [-0.4, -0.2) is 28.3 Å². The minimum atomic E-state index is -0.245. The molecule has 0 N–H and O–H groups in total. The zero-order chi connectivity index (χ0) is 12.6. The van der Waals surface area contributed by atoms with Crippen molar-refractivity contribution in [3.05, 3.63) is 0 Å². The molecule has 0 radical (unpaired) electrons. The molecule has 0 spiro atoms. The normalized spacial score (nSPS) is 28.4. The largest absolute Gasteiger partial charge is 0.297 e. The van der Waals surface area contributed by atoms with Gasteiger partial charge in [-0.15, -0.1) is 0 Å². The van der Waals surface area contributed by atoms with Crippen LogP contribution in [0, 0.1) is 5.92 Å². The number of hydrogen-bond acceptors (Lipinski definition) is 2. The van der Waals surface area contributed by atoms with Gasteiger partial charge in [0.25, 0.3) is 0 Å². The lowest BCUT2D eigenvalue weighted by Crippen LogP contribution is -2.62. The monoisotopic (exact) mass is 225 g/mol. The molecule has 1 unspecified atom stereocenters. The number of carbonyl (C=O) groups is 1. The van der Waals surface area contributed by atoms with Gasteiger partial charge in [-0.05, 0) is 53.5 Å². The Balaban J connectivity index is 3.01. The molecule has 0 saturated carbocycles. The van der Waals surface area contributed by atoms with Gasteiger partial charge in [-0.25, -0.2) is 0 Å². The van der Waals surface area contributed by atoms with Crippen LogP contribution in [0.5, 0.6) is 0 Å². The Kier molecular flexibility index (Phi) is 3.83. The van der Waals surface area contributed by atoms with Crippen molar-refractivity contribution in [2.75, 3.05) is 6.54 Å². The molecule has 2 heteroatoms. The van der Waals surface area contributed by atoms with Crippen LogP contribution < -0.4 is 0 Å². The van der Waals surface area contributed by atoms with E-state index in [-0.39, 0.29) is 17.0 Å². The summed E-state index contributed by atoms with van der Waals surface area (Å²) in [6.07, 6.45) is 3.42. The molecule has 1 saturated heterocycles. The number of Topliss-reactive ketones (excluding diaryl/α,β-unsaturated/α-hetero) is 1. The standard InChI is InChI=1S/C14H27NO/c1-11(2)12(16)14(6)9-7-8-10-15(14)13(3,4)5/h11H,7-10H2,1-6H3. The number of hydrogen-bond donors (Lipinski definition) is 0. The maximum absolute atomic E-state index is 12.4. The Morgan fingerprint density at radius 3 is 2.25 bits per heavy atom. The maximum Gasteiger partial charge on any atom is 0.155 e. The van der Waals surface area contributed by atoms with Crippen LogP contribution in [0.1, 0.15) is 60.8 Å². The number of nitrogens with zero attached hydrogens (tertiary/aromatic N) is 1. The van der Waals surface area contributed by atoms with Gasteiger partial charge in [0, 0.05) is 11.5 Å². The van der Waals surface area contributed by atoms with Crippen LogP contribution in [0.3, 0.4) is 0 Å². The lowest BCUT2D eigenvalue weighted by Gasteiger charge is -2.51. The molecule has 1 aliphatic heterocycles. The molecule has 2 nitrogen and oxygen atoms in total. The Hall–Kier alpha value is -0.370. The first-order valence-electron chi connectivity index (χ1n) is 6.51. The summed E-state index contributed by atoms with van der Waals surface area (Å²) in [5.41, 5.74) is -0.162. The average molecular weight is 225 g/mol. The summed E-state index contributed by atoms with van der Waals surface area (Å²) in [6, 6.07) is 0. The second kappa shape index (κ2) is 4.48. The van der Waals surface area contributed by atoms with E-state index < -0.39 is 0 Å². The Bertz CT molecular complexity index is 264. The fourth-order valence-corrected chi connectivity index (χ4v) is 3.07. The molecule has 0 bridgehead atoms. The molecule has 1 rings (SSSR count). The summed E-state index contributed by atoms with van der Waals surface area (Å²) in [5.74, 6) is 0.537. The minimum absolute atomic E-state index is 0.0831. The fourth-order valence-electron chi connectivity index (χ4n) is 3.07. The highest BCUT2D eigenvalue weighted by atomic mass is 16.1. The van der Waals surface area contributed by atoms with Gasteiger partial charge in [0.05, 0.1) is 5.54 Å². The first-order valence-corrected chi connectivity index (χ1v) is 6.51. The molecule has 1 fully saturated rings. The van der Waals surface area contributed by atoms with E-state index in [9.17, 15) is 4.79 Å². The fraction of sp³-hybridized carbons (Fsp3) is 0.929. The van der Waals surface area contributed by atoms with Gasteiger partial charge < -0.3 is 0 Å². The zero-order valence-electron chi connectivity index (χ0n) is 11.8. The van der Waals surface area contributed by atoms with Crippen molar-refractivity contribution < 1.29 is 4.79 Å². The zero-order valence-corrected chi connectivity index (χ0v) is 11.8.